The molecular weight excluding hydrogens is 336 g/mol. The molecule has 1 aliphatic heterocycles. The van der Waals surface area contributed by atoms with Gasteiger partial charge in [0.15, 0.2) is 5.82 Å². The molecule has 1 aliphatic rings. The normalized spacial score (nSPS) is 18.4. The predicted molar refractivity (Wildman–Crippen MR) is 99.8 cm³/mol. The van der Waals surface area contributed by atoms with Gasteiger partial charge in [0.05, 0.1) is 11.6 Å². The Balaban J connectivity index is 2.07. The van der Waals surface area contributed by atoms with Gasteiger partial charge in [0.25, 0.3) is 0 Å². The first-order chi connectivity index (χ1) is 11.9. The van der Waals surface area contributed by atoms with Crippen LogP contribution in [-0.4, -0.2) is 63.2 Å². The molecule has 2 heterocycles. The van der Waals surface area contributed by atoms with Crippen LogP contribution in [0.1, 0.15) is 44.6 Å². The lowest BCUT2D eigenvalue weighted by Gasteiger charge is -2.38. The zero-order valence-corrected chi connectivity index (χ0v) is 16.2. The third-order valence-electron chi connectivity index (χ3n) is 5.28. The number of benzene rings is 1. The molecule has 136 valence electrons. The standard InChI is InChI=1S/C18H27ClN6/c1-5-18(2,3)25-17(20-21-22-25)16(14-8-6-7-9-15(14)19)24-12-10-23(4)11-13-24/h6-9,16H,5,10-13H2,1-4H3/t16-/m1/s1. The van der Waals surface area contributed by atoms with E-state index in [2.05, 4.69) is 59.2 Å². The number of rotatable bonds is 5. The molecule has 1 fully saturated rings. The smallest absolute Gasteiger partial charge is 0.173 e. The van der Waals surface area contributed by atoms with Gasteiger partial charge in [0, 0.05) is 31.2 Å². The maximum absolute atomic E-state index is 6.57. The molecule has 0 amide bonds. The molecule has 1 atom stereocenters. The number of likely N-dealkylation sites (N-methyl/N-ethyl adjacent to an activating group) is 1. The van der Waals surface area contributed by atoms with Gasteiger partial charge in [-0.3, -0.25) is 4.90 Å². The highest BCUT2D eigenvalue weighted by Gasteiger charge is 2.34. The summed E-state index contributed by atoms with van der Waals surface area (Å²) in [5.41, 5.74) is 0.918. The maximum Gasteiger partial charge on any atom is 0.173 e. The van der Waals surface area contributed by atoms with E-state index < -0.39 is 0 Å². The summed E-state index contributed by atoms with van der Waals surface area (Å²) in [6.07, 6.45) is 0.947. The van der Waals surface area contributed by atoms with Crippen molar-refractivity contribution in [3.63, 3.8) is 0 Å². The Morgan fingerprint density at radius 2 is 1.84 bits per heavy atom. The number of hydrogen-bond donors (Lipinski definition) is 0. The molecule has 1 aromatic carbocycles. The molecule has 0 saturated carbocycles. The van der Waals surface area contributed by atoms with Gasteiger partial charge >= 0.3 is 0 Å². The third kappa shape index (κ3) is 3.71. The molecule has 0 unspecified atom stereocenters. The van der Waals surface area contributed by atoms with Crippen molar-refractivity contribution >= 4 is 11.6 Å². The van der Waals surface area contributed by atoms with Crippen LogP contribution in [-0.2, 0) is 5.54 Å². The fourth-order valence-corrected chi connectivity index (χ4v) is 3.46. The van der Waals surface area contributed by atoms with Gasteiger partial charge in [-0.2, -0.15) is 0 Å². The van der Waals surface area contributed by atoms with E-state index in [0.717, 1.165) is 49.0 Å². The highest BCUT2D eigenvalue weighted by Crippen LogP contribution is 2.34. The van der Waals surface area contributed by atoms with Gasteiger partial charge in [0.1, 0.15) is 0 Å². The zero-order valence-electron chi connectivity index (χ0n) is 15.5. The molecule has 0 N–H and O–H groups in total. The highest BCUT2D eigenvalue weighted by atomic mass is 35.5. The van der Waals surface area contributed by atoms with Crippen LogP contribution in [0.4, 0.5) is 0 Å². The Labute approximate surface area is 154 Å². The highest BCUT2D eigenvalue weighted by molar-refractivity contribution is 6.31. The van der Waals surface area contributed by atoms with Crippen LogP contribution in [0.25, 0.3) is 0 Å². The molecule has 0 spiro atoms. The molecule has 1 aromatic heterocycles. The minimum absolute atomic E-state index is 0.0387. The van der Waals surface area contributed by atoms with Crippen molar-refractivity contribution in [3.8, 4) is 0 Å². The Kier molecular flexibility index (Phi) is 5.41. The second-order valence-corrected chi connectivity index (χ2v) is 7.79. The van der Waals surface area contributed by atoms with Crippen LogP contribution in [0.15, 0.2) is 24.3 Å². The minimum Gasteiger partial charge on any atom is -0.304 e. The van der Waals surface area contributed by atoms with Crippen molar-refractivity contribution in [2.24, 2.45) is 0 Å². The number of nitrogens with zero attached hydrogens (tertiary/aromatic N) is 6. The van der Waals surface area contributed by atoms with Crippen molar-refractivity contribution < 1.29 is 0 Å². The van der Waals surface area contributed by atoms with Gasteiger partial charge in [-0.15, -0.1) is 5.10 Å². The summed E-state index contributed by atoms with van der Waals surface area (Å²) in [5.74, 6) is 0.865. The summed E-state index contributed by atoms with van der Waals surface area (Å²) in [7, 11) is 2.16. The van der Waals surface area contributed by atoms with E-state index in [-0.39, 0.29) is 11.6 Å². The predicted octanol–water partition coefficient (Wildman–Crippen LogP) is 2.81. The van der Waals surface area contributed by atoms with Crippen LogP contribution in [0, 0.1) is 0 Å². The monoisotopic (exact) mass is 362 g/mol. The van der Waals surface area contributed by atoms with E-state index in [1.165, 1.54) is 0 Å². The molecule has 1 saturated heterocycles. The maximum atomic E-state index is 6.57. The van der Waals surface area contributed by atoms with Crippen LogP contribution in [0.5, 0.6) is 0 Å². The lowest BCUT2D eigenvalue weighted by atomic mass is 9.99. The van der Waals surface area contributed by atoms with Crippen molar-refractivity contribution in [2.75, 3.05) is 33.2 Å². The second kappa shape index (κ2) is 7.40. The summed E-state index contributed by atoms with van der Waals surface area (Å²) in [4.78, 5) is 4.79. The summed E-state index contributed by atoms with van der Waals surface area (Å²) >= 11 is 6.57. The van der Waals surface area contributed by atoms with Gasteiger partial charge < -0.3 is 4.90 Å². The number of aromatic nitrogens is 4. The molecule has 0 radical (unpaired) electrons. The Hall–Kier alpha value is -1.50. The Bertz CT molecular complexity index is 705. The van der Waals surface area contributed by atoms with E-state index in [9.17, 15) is 0 Å². The van der Waals surface area contributed by atoms with Crippen LogP contribution in [0.3, 0.4) is 0 Å². The molecule has 25 heavy (non-hydrogen) atoms. The summed E-state index contributed by atoms with van der Waals surface area (Å²) in [6, 6.07) is 7.99. The molecule has 3 rings (SSSR count). The topological polar surface area (TPSA) is 50.1 Å². The lowest BCUT2D eigenvalue weighted by molar-refractivity contribution is 0.117. The summed E-state index contributed by atoms with van der Waals surface area (Å²) in [6.45, 7) is 10.5. The molecular formula is C18H27ClN6. The zero-order chi connectivity index (χ0) is 18.0. The van der Waals surface area contributed by atoms with Gasteiger partial charge in [-0.05, 0) is 49.4 Å². The molecule has 7 heteroatoms. The van der Waals surface area contributed by atoms with Crippen LogP contribution in [0.2, 0.25) is 5.02 Å². The second-order valence-electron chi connectivity index (χ2n) is 7.38. The van der Waals surface area contributed by atoms with Crippen LogP contribution >= 0.6 is 11.6 Å². The number of piperazine rings is 1. The molecule has 6 nitrogen and oxygen atoms in total. The van der Waals surface area contributed by atoms with E-state index >= 15 is 0 Å². The number of halogens is 1. The first kappa shape index (κ1) is 18.3. The van der Waals surface area contributed by atoms with E-state index in [1.54, 1.807) is 0 Å². The van der Waals surface area contributed by atoms with Crippen LogP contribution < -0.4 is 0 Å². The number of hydrogen-bond acceptors (Lipinski definition) is 5. The SMILES string of the molecule is CCC(C)(C)n1nnnc1[C@@H](c1ccccc1Cl)N1CCN(C)CC1. The fraction of sp³-hybridized carbons (Fsp3) is 0.611. The minimum atomic E-state index is -0.148. The van der Waals surface area contributed by atoms with Crippen molar-refractivity contribution in [1.29, 1.82) is 0 Å². The molecule has 0 aliphatic carbocycles. The Morgan fingerprint density at radius 1 is 1.16 bits per heavy atom. The third-order valence-corrected chi connectivity index (χ3v) is 5.62. The van der Waals surface area contributed by atoms with Crippen molar-refractivity contribution in [3.05, 3.63) is 40.7 Å². The summed E-state index contributed by atoms with van der Waals surface area (Å²) in [5, 5.41) is 13.5. The summed E-state index contributed by atoms with van der Waals surface area (Å²) < 4.78 is 1.97. The van der Waals surface area contributed by atoms with E-state index in [4.69, 9.17) is 11.6 Å². The van der Waals surface area contributed by atoms with E-state index in [1.807, 2.05) is 22.9 Å². The van der Waals surface area contributed by atoms with E-state index in [0.29, 0.717) is 0 Å². The first-order valence-corrected chi connectivity index (χ1v) is 9.27. The average Bonchev–Trinajstić information content (AvgIpc) is 3.09. The number of tetrazole rings is 1. The molecule has 0 bridgehead atoms. The fourth-order valence-electron chi connectivity index (χ4n) is 3.22. The average molecular weight is 363 g/mol. The van der Waals surface area contributed by atoms with Crippen molar-refractivity contribution in [1.82, 2.24) is 30.0 Å². The largest absolute Gasteiger partial charge is 0.304 e. The van der Waals surface area contributed by atoms with Gasteiger partial charge in [-0.1, -0.05) is 36.7 Å². The first-order valence-electron chi connectivity index (χ1n) is 8.90. The van der Waals surface area contributed by atoms with Gasteiger partial charge in [0.2, 0.25) is 0 Å². The quantitative estimate of drug-likeness (QED) is 0.818. The van der Waals surface area contributed by atoms with Gasteiger partial charge in [-0.25, -0.2) is 4.68 Å². The lowest BCUT2D eigenvalue weighted by Crippen LogP contribution is -2.47. The molecule has 2 aromatic rings. The van der Waals surface area contributed by atoms with Crippen molar-refractivity contribution in [2.45, 2.75) is 38.8 Å². The Morgan fingerprint density at radius 3 is 2.48 bits per heavy atom.